The molecule has 7 heteroatoms. The molecule has 3 rings (SSSR count). The van der Waals surface area contributed by atoms with Crippen LogP contribution in [0.2, 0.25) is 0 Å². The summed E-state index contributed by atoms with van der Waals surface area (Å²) in [5.74, 6) is 0.238. The molecule has 126 valence electrons. The van der Waals surface area contributed by atoms with Crippen LogP contribution in [0, 0.1) is 0 Å². The third-order valence-corrected chi connectivity index (χ3v) is 4.85. The number of carbonyl (C=O) groups excluding carboxylic acids is 1. The van der Waals surface area contributed by atoms with Gasteiger partial charge in [0.05, 0.1) is 11.4 Å². The van der Waals surface area contributed by atoms with E-state index in [4.69, 9.17) is 0 Å². The minimum Gasteiger partial charge on any atom is -0.325 e. The Morgan fingerprint density at radius 2 is 1.92 bits per heavy atom. The summed E-state index contributed by atoms with van der Waals surface area (Å²) >= 11 is 4.86. The average molecular weight is 416 g/mol. The quantitative estimate of drug-likeness (QED) is 0.619. The van der Waals surface area contributed by atoms with E-state index in [9.17, 15) is 9.59 Å². The fourth-order valence-corrected chi connectivity index (χ4v) is 3.10. The predicted octanol–water partition coefficient (Wildman–Crippen LogP) is 3.93. The molecule has 0 aliphatic rings. The van der Waals surface area contributed by atoms with E-state index in [-0.39, 0.29) is 11.5 Å². The zero-order chi connectivity index (χ0) is 17.6. The third kappa shape index (κ3) is 5.04. The Bertz CT molecular complexity index is 921. The third-order valence-electron chi connectivity index (χ3n) is 3.30. The second-order valence-electron chi connectivity index (χ2n) is 5.18. The van der Waals surface area contributed by atoms with Crippen LogP contribution in [-0.2, 0) is 4.79 Å². The van der Waals surface area contributed by atoms with E-state index in [2.05, 4.69) is 31.4 Å². The van der Waals surface area contributed by atoms with Gasteiger partial charge < -0.3 is 5.32 Å². The van der Waals surface area contributed by atoms with Gasteiger partial charge in [0.1, 0.15) is 0 Å². The number of aromatic nitrogens is 2. The number of aromatic amines is 1. The highest BCUT2D eigenvalue weighted by molar-refractivity contribution is 9.10. The smallest absolute Gasteiger partial charge is 0.264 e. The Kier molecular flexibility index (Phi) is 5.67. The molecule has 0 unspecified atom stereocenters. The standard InChI is InChI=1S/C18H14BrN3O2S/c19-13-4-6-15(7-5-13)25-11-18(24)20-14-3-1-2-12(10-14)16-8-9-17(23)22-21-16/h1-10H,11H2,(H,20,24)(H,22,23). The molecule has 1 aromatic heterocycles. The number of anilines is 1. The van der Waals surface area contributed by atoms with Crippen molar-refractivity contribution in [2.24, 2.45) is 0 Å². The molecule has 0 atom stereocenters. The summed E-state index contributed by atoms with van der Waals surface area (Å²) in [6.07, 6.45) is 0. The molecule has 1 heterocycles. The van der Waals surface area contributed by atoms with Crippen molar-refractivity contribution >= 4 is 39.3 Å². The lowest BCUT2D eigenvalue weighted by Crippen LogP contribution is -2.14. The van der Waals surface area contributed by atoms with Crippen molar-refractivity contribution in [1.82, 2.24) is 10.2 Å². The van der Waals surface area contributed by atoms with E-state index in [1.165, 1.54) is 17.8 Å². The van der Waals surface area contributed by atoms with Gasteiger partial charge in [0.25, 0.3) is 5.56 Å². The number of hydrogen-bond acceptors (Lipinski definition) is 4. The Morgan fingerprint density at radius 3 is 2.64 bits per heavy atom. The summed E-state index contributed by atoms with van der Waals surface area (Å²) in [6.45, 7) is 0. The predicted molar refractivity (Wildman–Crippen MR) is 104 cm³/mol. The molecule has 0 aliphatic carbocycles. The molecule has 2 aromatic carbocycles. The first-order valence-electron chi connectivity index (χ1n) is 7.44. The van der Waals surface area contributed by atoms with Crippen molar-refractivity contribution in [3.8, 4) is 11.3 Å². The SMILES string of the molecule is O=C(CSc1ccc(Br)cc1)Nc1cccc(-c2ccc(=O)[nH]n2)c1. The number of thioether (sulfide) groups is 1. The molecule has 0 aliphatic heterocycles. The fourth-order valence-electron chi connectivity index (χ4n) is 2.14. The Labute approximate surface area is 157 Å². The maximum atomic E-state index is 12.1. The van der Waals surface area contributed by atoms with Crippen molar-refractivity contribution in [2.75, 3.05) is 11.1 Å². The normalized spacial score (nSPS) is 10.4. The maximum absolute atomic E-state index is 12.1. The monoisotopic (exact) mass is 415 g/mol. The van der Waals surface area contributed by atoms with E-state index >= 15 is 0 Å². The van der Waals surface area contributed by atoms with E-state index in [1.54, 1.807) is 6.07 Å². The fraction of sp³-hybridized carbons (Fsp3) is 0.0556. The molecule has 0 spiro atoms. The molecular weight excluding hydrogens is 402 g/mol. The second-order valence-corrected chi connectivity index (χ2v) is 7.14. The van der Waals surface area contributed by atoms with Crippen LogP contribution in [0.5, 0.6) is 0 Å². The summed E-state index contributed by atoms with van der Waals surface area (Å²) in [5, 5.41) is 9.27. The van der Waals surface area contributed by atoms with Crippen LogP contribution in [0.4, 0.5) is 5.69 Å². The number of rotatable bonds is 5. The molecule has 0 bridgehead atoms. The highest BCUT2D eigenvalue weighted by Gasteiger charge is 2.06. The van der Waals surface area contributed by atoms with Gasteiger partial charge in [-0.2, -0.15) is 5.10 Å². The van der Waals surface area contributed by atoms with Crippen LogP contribution in [0.3, 0.4) is 0 Å². The van der Waals surface area contributed by atoms with Crippen molar-refractivity contribution < 1.29 is 4.79 Å². The second kappa shape index (κ2) is 8.13. The Morgan fingerprint density at radius 1 is 1.12 bits per heavy atom. The van der Waals surface area contributed by atoms with Crippen LogP contribution in [-0.4, -0.2) is 21.9 Å². The number of halogens is 1. The van der Waals surface area contributed by atoms with Crippen LogP contribution < -0.4 is 10.9 Å². The van der Waals surface area contributed by atoms with Crippen LogP contribution in [0.1, 0.15) is 0 Å². The van der Waals surface area contributed by atoms with Gasteiger partial charge in [-0.05, 0) is 42.5 Å². The summed E-state index contributed by atoms with van der Waals surface area (Å²) in [5.41, 5.74) is 1.89. The van der Waals surface area contributed by atoms with Crippen molar-refractivity contribution in [1.29, 1.82) is 0 Å². The first kappa shape index (κ1) is 17.4. The van der Waals surface area contributed by atoms with Crippen LogP contribution in [0.25, 0.3) is 11.3 Å². The van der Waals surface area contributed by atoms with Crippen molar-refractivity contribution in [3.05, 3.63) is 75.5 Å². The molecule has 0 radical (unpaired) electrons. The van der Waals surface area contributed by atoms with E-state index in [0.29, 0.717) is 17.1 Å². The number of H-pyrrole nitrogens is 1. The van der Waals surface area contributed by atoms with E-state index in [0.717, 1.165) is 14.9 Å². The molecule has 0 fully saturated rings. The minimum absolute atomic E-state index is 0.0838. The van der Waals surface area contributed by atoms with Crippen LogP contribution in [0.15, 0.2) is 74.8 Å². The minimum atomic E-state index is -0.252. The molecular formula is C18H14BrN3O2S. The average Bonchev–Trinajstić information content (AvgIpc) is 2.62. The van der Waals surface area contributed by atoms with Gasteiger partial charge in [-0.15, -0.1) is 11.8 Å². The number of nitrogens with one attached hydrogen (secondary N) is 2. The summed E-state index contributed by atoms with van der Waals surface area (Å²) in [6, 6.07) is 18.2. The molecule has 25 heavy (non-hydrogen) atoms. The largest absolute Gasteiger partial charge is 0.325 e. The van der Waals surface area contributed by atoms with E-state index < -0.39 is 0 Å². The number of nitrogens with zero attached hydrogens (tertiary/aromatic N) is 1. The zero-order valence-corrected chi connectivity index (χ0v) is 15.4. The van der Waals surface area contributed by atoms with Gasteiger partial charge in [-0.1, -0.05) is 28.1 Å². The van der Waals surface area contributed by atoms with E-state index in [1.807, 2.05) is 48.5 Å². The van der Waals surface area contributed by atoms with Crippen molar-refractivity contribution in [3.63, 3.8) is 0 Å². The van der Waals surface area contributed by atoms with Gasteiger partial charge in [0, 0.05) is 26.7 Å². The number of hydrogen-bond donors (Lipinski definition) is 2. The zero-order valence-electron chi connectivity index (χ0n) is 13.0. The molecule has 0 saturated carbocycles. The number of amides is 1. The lowest BCUT2D eigenvalue weighted by Gasteiger charge is -2.07. The topological polar surface area (TPSA) is 74.8 Å². The molecule has 0 saturated heterocycles. The molecule has 2 N–H and O–H groups in total. The first-order valence-corrected chi connectivity index (χ1v) is 9.22. The lowest BCUT2D eigenvalue weighted by molar-refractivity contribution is -0.113. The number of benzene rings is 2. The Balaban J connectivity index is 1.63. The van der Waals surface area contributed by atoms with Gasteiger partial charge in [0.2, 0.25) is 5.91 Å². The first-order chi connectivity index (χ1) is 12.1. The summed E-state index contributed by atoms with van der Waals surface area (Å²) < 4.78 is 1.01. The van der Waals surface area contributed by atoms with Gasteiger partial charge in [0.15, 0.2) is 0 Å². The highest BCUT2D eigenvalue weighted by atomic mass is 79.9. The number of carbonyl (C=O) groups is 1. The van der Waals surface area contributed by atoms with Crippen LogP contribution >= 0.6 is 27.7 Å². The molecule has 5 nitrogen and oxygen atoms in total. The summed E-state index contributed by atoms with van der Waals surface area (Å²) in [7, 11) is 0. The lowest BCUT2D eigenvalue weighted by atomic mass is 10.1. The van der Waals surface area contributed by atoms with Gasteiger partial charge >= 0.3 is 0 Å². The summed E-state index contributed by atoms with van der Waals surface area (Å²) in [4.78, 5) is 24.3. The van der Waals surface area contributed by atoms with Gasteiger partial charge in [-0.3, -0.25) is 9.59 Å². The molecule has 1 amide bonds. The molecule has 3 aromatic rings. The Hall–Kier alpha value is -2.38. The maximum Gasteiger partial charge on any atom is 0.264 e. The van der Waals surface area contributed by atoms with Gasteiger partial charge in [-0.25, -0.2) is 5.10 Å². The highest BCUT2D eigenvalue weighted by Crippen LogP contribution is 2.22. The van der Waals surface area contributed by atoms with Crippen molar-refractivity contribution in [2.45, 2.75) is 4.90 Å².